The molecule has 134 valence electrons. The van der Waals surface area contributed by atoms with Crippen LogP contribution in [0.1, 0.15) is 12.0 Å². The van der Waals surface area contributed by atoms with Crippen LogP contribution in [0.2, 0.25) is 0 Å². The van der Waals surface area contributed by atoms with E-state index >= 15 is 0 Å². The summed E-state index contributed by atoms with van der Waals surface area (Å²) >= 11 is 0. The summed E-state index contributed by atoms with van der Waals surface area (Å²) in [4.78, 5) is 28.9. The lowest BCUT2D eigenvalue weighted by atomic mass is 10.1. The summed E-state index contributed by atoms with van der Waals surface area (Å²) in [5.74, 6) is -0.546. The summed E-state index contributed by atoms with van der Waals surface area (Å²) in [6.07, 6.45) is 0.447. The lowest BCUT2D eigenvalue weighted by molar-refractivity contribution is -0.116. The Balaban J connectivity index is 1.66. The molecule has 0 aliphatic rings. The molecule has 1 aromatic heterocycles. The molecule has 0 saturated carbocycles. The molecule has 1 amide bonds. The molecule has 26 heavy (non-hydrogen) atoms. The molecule has 0 unspecified atom stereocenters. The van der Waals surface area contributed by atoms with Crippen molar-refractivity contribution in [3.05, 3.63) is 70.3 Å². The van der Waals surface area contributed by atoms with E-state index in [2.05, 4.69) is 10.3 Å². The first kappa shape index (κ1) is 17.7. The number of fused-ring (bicyclic) bond motifs is 1. The van der Waals surface area contributed by atoms with Crippen LogP contribution in [0.25, 0.3) is 10.9 Å². The summed E-state index contributed by atoms with van der Waals surface area (Å²) in [7, 11) is 3.89. The predicted molar refractivity (Wildman–Crippen MR) is 102 cm³/mol. The summed E-state index contributed by atoms with van der Waals surface area (Å²) in [5, 5.41) is 3.42. The molecule has 0 fully saturated rings. The number of hydrogen-bond acceptors (Lipinski definition) is 3. The number of aryl methyl sites for hydroxylation is 1. The third-order valence-corrected chi connectivity index (χ3v) is 4.17. The quantitative estimate of drug-likeness (QED) is 0.740. The SMILES string of the molecule is CN(C)c1ccc(NC(=O)CCc2cc3cc(F)ccc3[nH]c2=O)cc1. The topological polar surface area (TPSA) is 65.2 Å². The molecule has 3 aromatic rings. The maximum atomic E-state index is 13.3. The van der Waals surface area contributed by atoms with Gasteiger partial charge in [0.05, 0.1) is 0 Å². The highest BCUT2D eigenvalue weighted by Gasteiger charge is 2.08. The van der Waals surface area contributed by atoms with Gasteiger partial charge in [-0.1, -0.05) is 0 Å². The Hall–Kier alpha value is -3.15. The van der Waals surface area contributed by atoms with Gasteiger partial charge in [-0.15, -0.1) is 0 Å². The third-order valence-electron chi connectivity index (χ3n) is 4.17. The Morgan fingerprint density at radius 3 is 2.54 bits per heavy atom. The molecule has 1 heterocycles. The molecule has 0 radical (unpaired) electrons. The van der Waals surface area contributed by atoms with Gasteiger partial charge in [0.15, 0.2) is 0 Å². The average Bonchev–Trinajstić information content (AvgIpc) is 2.60. The van der Waals surface area contributed by atoms with Gasteiger partial charge < -0.3 is 15.2 Å². The molecular formula is C20H20FN3O2. The van der Waals surface area contributed by atoms with Gasteiger partial charge in [-0.25, -0.2) is 4.39 Å². The number of pyridine rings is 1. The molecule has 5 nitrogen and oxygen atoms in total. The second kappa shape index (κ2) is 7.39. The molecule has 0 spiro atoms. The maximum absolute atomic E-state index is 13.3. The van der Waals surface area contributed by atoms with E-state index in [1.807, 2.05) is 43.3 Å². The molecule has 0 aliphatic heterocycles. The fraction of sp³-hybridized carbons (Fsp3) is 0.200. The van der Waals surface area contributed by atoms with Crippen LogP contribution in [0.4, 0.5) is 15.8 Å². The van der Waals surface area contributed by atoms with E-state index in [0.717, 1.165) is 5.69 Å². The maximum Gasteiger partial charge on any atom is 0.251 e. The minimum atomic E-state index is -0.366. The number of rotatable bonds is 5. The van der Waals surface area contributed by atoms with E-state index < -0.39 is 0 Å². The number of H-pyrrole nitrogens is 1. The molecule has 6 heteroatoms. The Morgan fingerprint density at radius 2 is 1.85 bits per heavy atom. The second-order valence-electron chi connectivity index (χ2n) is 6.34. The van der Waals surface area contributed by atoms with Gasteiger partial charge in [-0.05, 0) is 55.0 Å². The van der Waals surface area contributed by atoms with Crippen LogP contribution in [-0.4, -0.2) is 25.0 Å². The van der Waals surface area contributed by atoms with Crippen molar-refractivity contribution in [2.75, 3.05) is 24.3 Å². The van der Waals surface area contributed by atoms with E-state index in [4.69, 9.17) is 0 Å². The van der Waals surface area contributed by atoms with Gasteiger partial charge in [0.25, 0.3) is 5.56 Å². The second-order valence-corrected chi connectivity index (χ2v) is 6.34. The standard InChI is InChI=1S/C20H20FN3O2/c1-24(2)17-7-5-16(6-8-17)22-19(25)10-3-13-11-14-12-15(21)4-9-18(14)23-20(13)26/h4-9,11-12H,3,10H2,1-2H3,(H,22,25)(H,23,26). The third kappa shape index (κ3) is 4.08. The number of hydrogen-bond donors (Lipinski definition) is 2. The van der Waals surface area contributed by atoms with Crippen LogP contribution in [0.15, 0.2) is 53.3 Å². The Morgan fingerprint density at radius 1 is 1.12 bits per heavy atom. The van der Waals surface area contributed by atoms with Crippen LogP contribution in [-0.2, 0) is 11.2 Å². The highest BCUT2D eigenvalue weighted by Crippen LogP contribution is 2.16. The predicted octanol–water partition coefficient (Wildman–Crippen LogP) is 3.30. The highest BCUT2D eigenvalue weighted by atomic mass is 19.1. The van der Waals surface area contributed by atoms with Crippen molar-refractivity contribution < 1.29 is 9.18 Å². The summed E-state index contributed by atoms with van der Waals surface area (Å²) < 4.78 is 13.3. The van der Waals surface area contributed by atoms with E-state index in [-0.39, 0.29) is 30.1 Å². The first-order chi connectivity index (χ1) is 12.4. The molecular weight excluding hydrogens is 333 g/mol. The lowest BCUT2D eigenvalue weighted by Crippen LogP contribution is -2.17. The normalized spacial score (nSPS) is 10.7. The van der Waals surface area contributed by atoms with E-state index in [9.17, 15) is 14.0 Å². The smallest absolute Gasteiger partial charge is 0.251 e. The number of carbonyl (C=O) groups excluding carboxylic acids is 1. The Labute approximate surface area is 150 Å². The van der Waals surface area contributed by atoms with Gasteiger partial charge >= 0.3 is 0 Å². The van der Waals surface area contributed by atoms with E-state index in [1.54, 1.807) is 6.07 Å². The van der Waals surface area contributed by atoms with E-state index in [0.29, 0.717) is 22.2 Å². The molecule has 0 atom stereocenters. The Kier molecular flexibility index (Phi) is 5.02. The molecule has 3 rings (SSSR count). The van der Waals surface area contributed by atoms with Gasteiger partial charge in [0.2, 0.25) is 5.91 Å². The molecule has 2 N–H and O–H groups in total. The zero-order chi connectivity index (χ0) is 18.7. The molecule has 0 bridgehead atoms. The zero-order valence-corrected chi connectivity index (χ0v) is 14.7. The van der Waals surface area contributed by atoms with Gasteiger partial charge in [0, 0.05) is 48.4 Å². The summed E-state index contributed by atoms with van der Waals surface area (Å²) in [6.45, 7) is 0. The number of carbonyl (C=O) groups is 1. The van der Waals surface area contributed by atoms with Crippen molar-refractivity contribution in [2.45, 2.75) is 12.8 Å². The first-order valence-corrected chi connectivity index (χ1v) is 8.31. The first-order valence-electron chi connectivity index (χ1n) is 8.31. The van der Waals surface area contributed by atoms with Gasteiger partial charge in [-0.2, -0.15) is 0 Å². The molecule has 2 aromatic carbocycles. The van der Waals surface area contributed by atoms with Crippen LogP contribution in [0, 0.1) is 5.82 Å². The summed E-state index contributed by atoms with van der Waals surface area (Å²) in [6, 6.07) is 13.3. The average molecular weight is 353 g/mol. The molecule has 0 aliphatic carbocycles. The van der Waals surface area contributed by atoms with E-state index in [1.165, 1.54) is 18.2 Å². The monoisotopic (exact) mass is 353 g/mol. The number of amides is 1. The van der Waals surface area contributed by atoms with Crippen molar-refractivity contribution >= 4 is 28.2 Å². The lowest BCUT2D eigenvalue weighted by Gasteiger charge is -2.13. The zero-order valence-electron chi connectivity index (χ0n) is 14.7. The fourth-order valence-corrected chi connectivity index (χ4v) is 2.72. The van der Waals surface area contributed by atoms with Gasteiger partial charge in [-0.3, -0.25) is 9.59 Å². The van der Waals surface area contributed by atoms with Crippen molar-refractivity contribution in [3.8, 4) is 0 Å². The highest BCUT2D eigenvalue weighted by molar-refractivity contribution is 5.91. The fourth-order valence-electron chi connectivity index (χ4n) is 2.72. The number of aromatic nitrogens is 1. The number of aromatic amines is 1. The number of nitrogens with one attached hydrogen (secondary N) is 2. The number of halogens is 1. The van der Waals surface area contributed by atoms with Gasteiger partial charge in [0.1, 0.15) is 5.82 Å². The van der Waals surface area contributed by atoms with Crippen LogP contribution < -0.4 is 15.8 Å². The largest absolute Gasteiger partial charge is 0.378 e. The van der Waals surface area contributed by atoms with Crippen LogP contribution >= 0.6 is 0 Å². The summed E-state index contributed by atoms with van der Waals surface area (Å²) in [5.41, 5.74) is 2.52. The number of anilines is 2. The number of nitrogens with zero attached hydrogens (tertiary/aromatic N) is 1. The minimum absolute atomic E-state index is 0.166. The van der Waals surface area contributed by atoms with Crippen molar-refractivity contribution in [3.63, 3.8) is 0 Å². The van der Waals surface area contributed by atoms with Crippen molar-refractivity contribution in [1.82, 2.24) is 4.98 Å². The van der Waals surface area contributed by atoms with Crippen LogP contribution in [0.5, 0.6) is 0 Å². The molecule has 0 saturated heterocycles. The van der Waals surface area contributed by atoms with Crippen molar-refractivity contribution in [1.29, 1.82) is 0 Å². The van der Waals surface area contributed by atoms with Crippen molar-refractivity contribution in [2.24, 2.45) is 0 Å². The Bertz CT molecular complexity index is 994. The number of benzene rings is 2. The van der Waals surface area contributed by atoms with Crippen LogP contribution in [0.3, 0.4) is 0 Å². The minimum Gasteiger partial charge on any atom is -0.378 e.